The highest BCUT2D eigenvalue weighted by Gasteiger charge is 2.15. The van der Waals surface area contributed by atoms with Gasteiger partial charge < -0.3 is 15.5 Å². The molecule has 0 saturated heterocycles. The van der Waals surface area contributed by atoms with Gasteiger partial charge in [-0.15, -0.1) is 0 Å². The highest BCUT2D eigenvalue weighted by Crippen LogP contribution is 2.07. The lowest BCUT2D eigenvalue weighted by Gasteiger charge is -2.18. The summed E-state index contributed by atoms with van der Waals surface area (Å²) in [6.07, 6.45) is 1.40. The summed E-state index contributed by atoms with van der Waals surface area (Å²) in [7, 11) is 1.49. The van der Waals surface area contributed by atoms with Crippen molar-refractivity contribution in [2.75, 3.05) is 20.1 Å². The van der Waals surface area contributed by atoms with Crippen LogP contribution in [0.15, 0.2) is 18.3 Å². The molecule has 0 fully saturated rings. The maximum absolute atomic E-state index is 11.9. The number of pyridine rings is 1. The lowest BCUT2D eigenvalue weighted by atomic mass is 10.3. The van der Waals surface area contributed by atoms with Crippen LogP contribution >= 0.6 is 11.6 Å². The smallest absolute Gasteiger partial charge is 0.270 e. The summed E-state index contributed by atoms with van der Waals surface area (Å²) in [4.78, 5) is 40.3. The Morgan fingerprint density at radius 3 is 2.64 bits per heavy atom. The number of hydrogen-bond acceptors (Lipinski definition) is 4. The van der Waals surface area contributed by atoms with E-state index in [-0.39, 0.29) is 36.6 Å². The van der Waals surface area contributed by atoms with Crippen LogP contribution in [0.1, 0.15) is 24.3 Å². The Morgan fingerprint density at radius 1 is 1.36 bits per heavy atom. The van der Waals surface area contributed by atoms with Gasteiger partial charge in [-0.2, -0.15) is 0 Å². The predicted octanol–water partition coefficient (Wildman–Crippen LogP) is 0.448. The summed E-state index contributed by atoms with van der Waals surface area (Å²) in [6, 6.07) is 2.95. The Hall–Kier alpha value is -2.15. The fourth-order valence-electron chi connectivity index (χ4n) is 1.58. The first-order valence-corrected chi connectivity index (χ1v) is 7.10. The van der Waals surface area contributed by atoms with E-state index in [0.717, 1.165) is 0 Å². The maximum atomic E-state index is 11.9. The van der Waals surface area contributed by atoms with Crippen molar-refractivity contribution in [2.24, 2.45) is 0 Å². The molecular weight excluding hydrogens is 308 g/mol. The van der Waals surface area contributed by atoms with Crippen molar-refractivity contribution in [3.63, 3.8) is 0 Å². The van der Waals surface area contributed by atoms with Crippen LogP contribution in [-0.4, -0.2) is 53.8 Å². The lowest BCUT2D eigenvalue weighted by Crippen LogP contribution is -2.44. The summed E-state index contributed by atoms with van der Waals surface area (Å²) >= 11 is 5.76. The lowest BCUT2D eigenvalue weighted by molar-refractivity contribution is -0.134. The number of aromatic nitrogens is 1. The SMILES string of the molecule is CC(C)NC(=O)CN(C)C(=O)CNC(=O)c1cc(Cl)ccn1. The zero-order valence-corrected chi connectivity index (χ0v) is 13.5. The minimum atomic E-state index is -0.504. The van der Waals surface area contributed by atoms with Crippen LogP contribution in [0.4, 0.5) is 0 Å². The molecule has 22 heavy (non-hydrogen) atoms. The Bertz CT molecular complexity index is 563. The third-order valence-corrected chi connectivity index (χ3v) is 2.85. The van der Waals surface area contributed by atoms with Crippen molar-refractivity contribution >= 4 is 29.3 Å². The number of carbonyl (C=O) groups is 3. The molecule has 0 saturated carbocycles. The van der Waals surface area contributed by atoms with Gasteiger partial charge in [0, 0.05) is 24.3 Å². The van der Waals surface area contributed by atoms with E-state index in [4.69, 9.17) is 11.6 Å². The van der Waals surface area contributed by atoms with Gasteiger partial charge in [-0.1, -0.05) is 11.6 Å². The average molecular weight is 327 g/mol. The van der Waals surface area contributed by atoms with Gasteiger partial charge >= 0.3 is 0 Å². The quantitative estimate of drug-likeness (QED) is 0.794. The van der Waals surface area contributed by atoms with Crippen LogP contribution in [0.3, 0.4) is 0 Å². The molecule has 1 aromatic heterocycles. The fraction of sp³-hybridized carbons (Fsp3) is 0.429. The standard InChI is InChI=1S/C14H19ClN4O3/c1-9(2)18-12(20)8-19(3)13(21)7-17-14(22)11-6-10(15)4-5-16-11/h4-6,9H,7-8H2,1-3H3,(H,17,22)(H,18,20). The van der Waals surface area contributed by atoms with Crippen molar-refractivity contribution < 1.29 is 14.4 Å². The van der Waals surface area contributed by atoms with E-state index in [2.05, 4.69) is 15.6 Å². The third-order valence-electron chi connectivity index (χ3n) is 2.61. The Kier molecular flexibility index (Phi) is 6.78. The largest absolute Gasteiger partial charge is 0.352 e. The molecule has 0 aliphatic heterocycles. The molecule has 0 atom stereocenters. The van der Waals surface area contributed by atoms with Gasteiger partial charge in [0.25, 0.3) is 5.91 Å². The number of hydrogen-bond donors (Lipinski definition) is 2. The number of nitrogens with one attached hydrogen (secondary N) is 2. The topological polar surface area (TPSA) is 91.4 Å². The predicted molar refractivity (Wildman–Crippen MR) is 82.5 cm³/mol. The molecule has 120 valence electrons. The van der Waals surface area contributed by atoms with Crippen molar-refractivity contribution in [2.45, 2.75) is 19.9 Å². The van der Waals surface area contributed by atoms with E-state index in [0.29, 0.717) is 5.02 Å². The van der Waals surface area contributed by atoms with Crippen LogP contribution in [0, 0.1) is 0 Å². The second-order valence-corrected chi connectivity index (χ2v) is 5.45. The van der Waals surface area contributed by atoms with Gasteiger partial charge in [-0.05, 0) is 26.0 Å². The zero-order valence-electron chi connectivity index (χ0n) is 12.7. The van der Waals surface area contributed by atoms with E-state index >= 15 is 0 Å². The summed E-state index contributed by atoms with van der Waals surface area (Å²) in [5, 5.41) is 5.50. The molecule has 0 aliphatic carbocycles. The minimum Gasteiger partial charge on any atom is -0.352 e. The Morgan fingerprint density at radius 2 is 2.05 bits per heavy atom. The molecule has 8 heteroatoms. The molecule has 2 N–H and O–H groups in total. The molecule has 0 unspecified atom stereocenters. The average Bonchev–Trinajstić information content (AvgIpc) is 2.43. The molecule has 1 rings (SSSR count). The van der Waals surface area contributed by atoms with Crippen LogP contribution in [-0.2, 0) is 9.59 Å². The monoisotopic (exact) mass is 326 g/mol. The van der Waals surface area contributed by atoms with E-state index in [9.17, 15) is 14.4 Å². The fourth-order valence-corrected chi connectivity index (χ4v) is 1.74. The Balaban J connectivity index is 2.45. The summed E-state index contributed by atoms with van der Waals surface area (Å²) in [5.74, 6) is -1.14. The van der Waals surface area contributed by atoms with E-state index in [1.54, 1.807) is 6.07 Å². The van der Waals surface area contributed by atoms with Crippen molar-refractivity contribution in [1.82, 2.24) is 20.5 Å². The number of carbonyl (C=O) groups excluding carboxylic acids is 3. The summed E-state index contributed by atoms with van der Waals surface area (Å²) in [5.41, 5.74) is 0.125. The number of likely N-dealkylation sites (N-methyl/N-ethyl adjacent to an activating group) is 1. The third kappa shape index (κ3) is 6.09. The van der Waals surface area contributed by atoms with E-state index < -0.39 is 5.91 Å². The van der Waals surface area contributed by atoms with Crippen molar-refractivity contribution in [3.05, 3.63) is 29.0 Å². The van der Waals surface area contributed by atoms with Gasteiger partial charge in [0.1, 0.15) is 5.69 Å². The van der Waals surface area contributed by atoms with Crippen LogP contribution in [0.25, 0.3) is 0 Å². The van der Waals surface area contributed by atoms with Crippen LogP contribution in [0.2, 0.25) is 5.02 Å². The molecule has 0 bridgehead atoms. The zero-order chi connectivity index (χ0) is 16.7. The number of amides is 3. The van der Waals surface area contributed by atoms with Gasteiger partial charge in [0.05, 0.1) is 13.1 Å². The van der Waals surface area contributed by atoms with E-state index in [1.165, 1.54) is 24.2 Å². The Labute approximate surface area is 134 Å². The first kappa shape index (κ1) is 17.9. The van der Waals surface area contributed by atoms with Crippen LogP contribution in [0.5, 0.6) is 0 Å². The highest BCUT2D eigenvalue weighted by molar-refractivity contribution is 6.30. The molecule has 0 radical (unpaired) electrons. The van der Waals surface area contributed by atoms with Gasteiger partial charge in [-0.25, -0.2) is 0 Å². The first-order valence-electron chi connectivity index (χ1n) is 6.72. The van der Waals surface area contributed by atoms with Gasteiger partial charge in [-0.3, -0.25) is 19.4 Å². The second kappa shape index (κ2) is 8.33. The van der Waals surface area contributed by atoms with Crippen LogP contribution < -0.4 is 10.6 Å². The molecule has 0 aliphatic rings. The number of halogens is 1. The summed E-state index contributed by atoms with van der Waals surface area (Å²) in [6.45, 7) is 3.37. The molecule has 1 aromatic rings. The molecule has 0 aromatic carbocycles. The minimum absolute atomic E-state index is 0.00427. The highest BCUT2D eigenvalue weighted by atomic mass is 35.5. The first-order chi connectivity index (χ1) is 10.3. The maximum Gasteiger partial charge on any atom is 0.270 e. The van der Waals surface area contributed by atoms with Gasteiger partial charge in [0.2, 0.25) is 11.8 Å². The molecule has 1 heterocycles. The molecule has 3 amide bonds. The summed E-state index contributed by atoms with van der Waals surface area (Å²) < 4.78 is 0. The van der Waals surface area contributed by atoms with Crippen molar-refractivity contribution in [3.8, 4) is 0 Å². The normalized spacial score (nSPS) is 10.2. The molecular formula is C14H19ClN4O3. The van der Waals surface area contributed by atoms with E-state index in [1.807, 2.05) is 13.8 Å². The van der Waals surface area contributed by atoms with Gasteiger partial charge in [0.15, 0.2) is 0 Å². The molecule has 0 spiro atoms. The number of nitrogens with zero attached hydrogens (tertiary/aromatic N) is 2. The van der Waals surface area contributed by atoms with Crippen molar-refractivity contribution in [1.29, 1.82) is 0 Å². The molecule has 7 nitrogen and oxygen atoms in total. The number of rotatable bonds is 6. The second-order valence-electron chi connectivity index (χ2n) is 5.01.